The lowest BCUT2D eigenvalue weighted by molar-refractivity contribution is -0.137. The Morgan fingerprint density at radius 1 is 0.738 bits per heavy atom. The average molecular weight is 567 g/mol. The first-order valence-corrected chi connectivity index (χ1v) is 13.8. The molecule has 0 aliphatic carbocycles. The van der Waals surface area contributed by atoms with Gasteiger partial charge in [0.1, 0.15) is 18.1 Å². The second-order valence-electron chi connectivity index (χ2n) is 9.69. The SMILES string of the molecule is CN(C(=O)c1ccc(NC(=O)c2ccccc2OCc2ccccc2)cc1)c1ccccc1OCCCCCC(=O)O. The standard InChI is InChI=1S/C34H34N2O6/c1-36(29-15-8-10-17-31(29)41-23-11-3-6-18-32(37)38)34(40)26-19-21-27(22-20-26)35-33(39)28-14-7-9-16-30(28)42-24-25-12-4-2-5-13-25/h2,4-5,7-10,12-17,19-22H,3,6,11,18,23-24H2,1H3,(H,35,39)(H,37,38). The molecule has 0 aliphatic heterocycles. The fraction of sp³-hybridized carbons (Fsp3) is 0.206. The van der Waals surface area contributed by atoms with Crippen molar-refractivity contribution in [3.8, 4) is 11.5 Å². The van der Waals surface area contributed by atoms with Crippen molar-refractivity contribution >= 4 is 29.2 Å². The molecule has 42 heavy (non-hydrogen) atoms. The molecule has 0 atom stereocenters. The molecule has 0 aliphatic rings. The van der Waals surface area contributed by atoms with Gasteiger partial charge in [0.05, 0.1) is 17.9 Å². The molecule has 0 unspecified atom stereocenters. The summed E-state index contributed by atoms with van der Waals surface area (Å²) in [5.74, 6) is -0.294. The topological polar surface area (TPSA) is 105 Å². The van der Waals surface area contributed by atoms with Crippen molar-refractivity contribution in [1.29, 1.82) is 0 Å². The summed E-state index contributed by atoms with van der Waals surface area (Å²) in [5, 5.41) is 11.6. The van der Waals surface area contributed by atoms with Crippen LogP contribution in [0.5, 0.6) is 11.5 Å². The van der Waals surface area contributed by atoms with Gasteiger partial charge in [0, 0.05) is 24.7 Å². The van der Waals surface area contributed by atoms with E-state index in [1.807, 2.05) is 54.6 Å². The fourth-order valence-electron chi connectivity index (χ4n) is 4.31. The number of ether oxygens (including phenoxy) is 2. The van der Waals surface area contributed by atoms with Crippen molar-refractivity contribution in [2.45, 2.75) is 32.3 Å². The molecule has 0 saturated carbocycles. The number of carbonyl (C=O) groups is 3. The van der Waals surface area contributed by atoms with Crippen molar-refractivity contribution in [2.24, 2.45) is 0 Å². The van der Waals surface area contributed by atoms with Crippen LogP contribution in [0.3, 0.4) is 0 Å². The molecule has 0 bridgehead atoms. The van der Waals surface area contributed by atoms with Gasteiger partial charge in [0.15, 0.2) is 0 Å². The molecule has 8 nitrogen and oxygen atoms in total. The molecule has 2 N–H and O–H groups in total. The number of hydrogen-bond acceptors (Lipinski definition) is 5. The van der Waals surface area contributed by atoms with Gasteiger partial charge < -0.3 is 24.8 Å². The van der Waals surface area contributed by atoms with E-state index < -0.39 is 5.97 Å². The zero-order chi connectivity index (χ0) is 29.7. The van der Waals surface area contributed by atoms with Gasteiger partial charge in [0.25, 0.3) is 11.8 Å². The summed E-state index contributed by atoms with van der Waals surface area (Å²) >= 11 is 0. The first-order valence-electron chi connectivity index (χ1n) is 13.8. The van der Waals surface area contributed by atoms with Crippen molar-refractivity contribution in [2.75, 3.05) is 23.9 Å². The summed E-state index contributed by atoms with van der Waals surface area (Å²) in [6, 6.07) is 30.8. The van der Waals surface area contributed by atoms with Crippen LogP contribution < -0.4 is 19.7 Å². The zero-order valence-electron chi connectivity index (χ0n) is 23.5. The summed E-state index contributed by atoms with van der Waals surface area (Å²) < 4.78 is 11.8. The summed E-state index contributed by atoms with van der Waals surface area (Å²) in [6.45, 7) is 0.768. The second kappa shape index (κ2) is 15.0. The Bertz CT molecular complexity index is 1490. The lowest BCUT2D eigenvalue weighted by Gasteiger charge is -2.21. The molecule has 0 heterocycles. The third-order valence-electron chi connectivity index (χ3n) is 6.58. The highest BCUT2D eigenvalue weighted by Gasteiger charge is 2.18. The van der Waals surface area contributed by atoms with Crippen LogP contribution in [-0.4, -0.2) is 36.5 Å². The van der Waals surface area contributed by atoms with Gasteiger partial charge in [-0.1, -0.05) is 54.6 Å². The van der Waals surface area contributed by atoms with Crippen molar-refractivity contribution in [1.82, 2.24) is 0 Å². The molecular weight excluding hydrogens is 532 g/mol. The van der Waals surface area contributed by atoms with E-state index in [2.05, 4.69) is 5.32 Å². The number of rotatable bonds is 14. The van der Waals surface area contributed by atoms with Crippen LogP contribution in [-0.2, 0) is 11.4 Å². The number of para-hydroxylation sites is 3. The third-order valence-corrected chi connectivity index (χ3v) is 6.58. The third kappa shape index (κ3) is 8.44. The number of unbranched alkanes of at least 4 members (excludes halogenated alkanes) is 2. The minimum atomic E-state index is -0.800. The highest BCUT2D eigenvalue weighted by atomic mass is 16.5. The average Bonchev–Trinajstić information content (AvgIpc) is 3.02. The number of amides is 2. The molecular formula is C34H34N2O6. The summed E-state index contributed by atoms with van der Waals surface area (Å²) in [6.07, 6.45) is 2.21. The van der Waals surface area contributed by atoms with Gasteiger partial charge in [-0.3, -0.25) is 14.4 Å². The van der Waals surface area contributed by atoms with Crippen LogP contribution in [0.15, 0.2) is 103 Å². The van der Waals surface area contributed by atoms with E-state index in [0.717, 1.165) is 18.4 Å². The fourth-order valence-corrected chi connectivity index (χ4v) is 4.31. The van der Waals surface area contributed by atoms with Crippen LogP contribution in [0.4, 0.5) is 11.4 Å². The molecule has 216 valence electrons. The molecule has 8 heteroatoms. The lowest BCUT2D eigenvalue weighted by atomic mass is 10.1. The van der Waals surface area contributed by atoms with E-state index in [9.17, 15) is 14.4 Å². The quantitative estimate of drug-likeness (QED) is 0.162. The second-order valence-corrected chi connectivity index (χ2v) is 9.69. The number of benzene rings is 4. The minimum absolute atomic E-state index is 0.146. The largest absolute Gasteiger partial charge is 0.491 e. The van der Waals surface area contributed by atoms with E-state index in [-0.39, 0.29) is 18.2 Å². The molecule has 0 saturated heterocycles. The maximum Gasteiger partial charge on any atom is 0.303 e. The Balaban J connectivity index is 1.35. The molecule has 0 aromatic heterocycles. The van der Waals surface area contributed by atoms with Gasteiger partial charge in [-0.2, -0.15) is 0 Å². The summed E-state index contributed by atoms with van der Waals surface area (Å²) in [7, 11) is 1.68. The van der Waals surface area contributed by atoms with Crippen LogP contribution in [0.25, 0.3) is 0 Å². The number of carboxylic acid groups (broad SMARTS) is 1. The number of carbonyl (C=O) groups excluding carboxylic acids is 2. The van der Waals surface area contributed by atoms with Gasteiger partial charge in [-0.05, 0) is 73.4 Å². The van der Waals surface area contributed by atoms with Crippen LogP contribution >= 0.6 is 0 Å². The van der Waals surface area contributed by atoms with Crippen LogP contribution in [0, 0.1) is 0 Å². The molecule has 4 aromatic carbocycles. The van der Waals surface area contributed by atoms with Crippen LogP contribution in [0.1, 0.15) is 52.0 Å². The molecule has 0 spiro atoms. The predicted molar refractivity (Wildman–Crippen MR) is 162 cm³/mol. The Morgan fingerprint density at radius 2 is 1.40 bits per heavy atom. The number of carboxylic acids is 1. The normalized spacial score (nSPS) is 10.5. The maximum absolute atomic E-state index is 13.3. The first-order chi connectivity index (χ1) is 20.4. The van der Waals surface area contributed by atoms with Crippen molar-refractivity contribution < 1.29 is 29.0 Å². The summed E-state index contributed by atoms with van der Waals surface area (Å²) in [4.78, 5) is 38.5. The van der Waals surface area contributed by atoms with Gasteiger partial charge in [0.2, 0.25) is 0 Å². The van der Waals surface area contributed by atoms with E-state index in [0.29, 0.717) is 53.6 Å². The Hall–Kier alpha value is -5.11. The Morgan fingerprint density at radius 3 is 2.14 bits per heavy atom. The molecule has 2 amide bonds. The first kappa shape index (κ1) is 29.9. The van der Waals surface area contributed by atoms with E-state index in [1.165, 1.54) is 4.90 Å². The lowest BCUT2D eigenvalue weighted by Crippen LogP contribution is -2.26. The van der Waals surface area contributed by atoms with E-state index in [1.54, 1.807) is 55.6 Å². The highest BCUT2D eigenvalue weighted by Crippen LogP contribution is 2.29. The monoisotopic (exact) mass is 566 g/mol. The van der Waals surface area contributed by atoms with Gasteiger partial charge in [-0.25, -0.2) is 0 Å². The van der Waals surface area contributed by atoms with E-state index >= 15 is 0 Å². The number of aliphatic carboxylic acids is 1. The molecule has 0 radical (unpaired) electrons. The Kier molecular flexibility index (Phi) is 10.7. The van der Waals surface area contributed by atoms with E-state index in [4.69, 9.17) is 14.6 Å². The zero-order valence-corrected chi connectivity index (χ0v) is 23.5. The number of anilines is 2. The van der Waals surface area contributed by atoms with Crippen LogP contribution in [0.2, 0.25) is 0 Å². The Labute approximate surface area is 245 Å². The van der Waals surface area contributed by atoms with Crippen molar-refractivity contribution in [3.63, 3.8) is 0 Å². The minimum Gasteiger partial charge on any atom is -0.491 e. The number of nitrogens with one attached hydrogen (secondary N) is 1. The highest BCUT2D eigenvalue weighted by molar-refractivity contribution is 6.08. The van der Waals surface area contributed by atoms with Gasteiger partial charge in [-0.15, -0.1) is 0 Å². The summed E-state index contributed by atoms with van der Waals surface area (Å²) in [5.41, 5.74) is 3.03. The maximum atomic E-state index is 13.3. The smallest absolute Gasteiger partial charge is 0.303 e. The van der Waals surface area contributed by atoms with Crippen molar-refractivity contribution in [3.05, 3.63) is 120 Å². The molecule has 4 rings (SSSR count). The van der Waals surface area contributed by atoms with Gasteiger partial charge >= 0.3 is 5.97 Å². The molecule has 4 aromatic rings. The number of nitrogens with zero attached hydrogens (tertiary/aromatic N) is 1. The number of hydrogen-bond donors (Lipinski definition) is 2. The predicted octanol–water partition coefficient (Wildman–Crippen LogP) is 6.82. The molecule has 0 fully saturated rings.